The molecule has 0 atom stereocenters. The van der Waals surface area contributed by atoms with Crippen LogP contribution in [0.1, 0.15) is 19.8 Å². The number of sulfonamides is 1. The molecular formula is C15H19ClF2N2O4S. The van der Waals surface area contributed by atoms with Crippen molar-refractivity contribution in [1.29, 1.82) is 0 Å². The van der Waals surface area contributed by atoms with E-state index < -0.39 is 16.6 Å². The van der Waals surface area contributed by atoms with E-state index in [4.69, 9.17) is 11.6 Å². The van der Waals surface area contributed by atoms with E-state index in [-0.39, 0.29) is 28.4 Å². The Labute approximate surface area is 150 Å². The number of halogens is 3. The van der Waals surface area contributed by atoms with Crippen LogP contribution >= 0.6 is 11.6 Å². The Kier molecular flexibility index (Phi) is 6.59. The van der Waals surface area contributed by atoms with Gasteiger partial charge in [-0.15, -0.1) is 0 Å². The minimum absolute atomic E-state index is 0.0371. The number of hydrogen-bond acceptors (Lipinski definition) is 4. The molecule has 1 aliphatic rings. The lowest BCUT2D eigenvalue weighted by molar-refractivity contribution is -0.120. The molecule has 1 aliphatic heterocycles. The molecule has 0 bridgehead atoms. The van der Waals surface area contributed by atoms with E-state index in [0.717, 1.165) is 0 Å². The van der Waals surface area contributed by atoms with Crippen LogP contribution < -0.4 is 10.1 Å². The first-order chi connectivity index (χ1) is 11.7. The summed E-state index contributed by atoms with van der Waals surface area (Å²) in [6, 6.07) is 3.99. The minimum atomic E-state index is -3.24. The summed E-state index contributed by atoms with van der Waals surface area (Å²) in [5, 5.41) is 2.63. The van der Waals surface area contributed by atoms with Crippen LogP contribution in [0.5, 0.6) is 5.75 Å². The third-order valence-corrected chi connectivity index (χ3v) is 6.18. The summed E-state index contributed by atoms with van der Waals surface area (Å²) >= 11 is 5.84. The molecule has 1 heterocycles. The van der Waals surface area contributed by atoms with Crippen molar-refractivity contribution in [3.05, 3.63) is 23.2 Å². The number of rotatable bonds is 6. The Hall–Kier alpha value is -1.45. The van der Waals surface area contributed by atoms with E-state index in [2.05, 4.69) is 10.1 Å². The lowest BCUT2D eigenvalue weighted by Crippen LogP contribution is -2.42. The zero-order valence-corrected chi connectivity index (χ0v) is 15.1. The quantitative estimate of drug-likeness (QED) is 0.802. The predicted octanol–water partition coefficient (Wildman–Crippen LogP) is 2.94. The average Bonchev–Trinajstić information content (AvgIpc) is 2.57. The number of amides is 1. The Morgan fingerprint density at radius 1 is 1.40 bits per heavy atom. The summed E-state index contributed by atoms with van der Waals surface area (Å²) in [4.78, 5) is 12.3. The van der Waals surface area contributed by atoms with Gasteiger partial charge in [0.2, 0.25) is 15.9 Å². The molecule has 0 spiro atoms. The number of carbonyl (C=O) groups is 1. The molecule has 1 saturated heterocycles. The lowest BCUT2D eigenvalue weighted by atomic mass is 9.97. The summed E-state index contributed by atoms with van der Waals surface area (Å²) in [6.45, 7) is -0.798. The van der Waals surface area contributed by atoms with Crippen molar-refractivity contribution in [2.45, 2.75) is 26.4 Å². The standard InChI is InChI=1S/C15H19ClF2N2O4S/c1-2-25(22,23)20-7-5-10(6-8-20)14(21)19-11-3-4-13(12(16)9-11)24-15(17)18/h3-4,9-10,15H,2,5-8H2,1H3,(H,19,21). The number of anilines is 1. The molecule has 0 saturated carbocycles. The number of piperidine rings is 1. The Balaban J connectivity index is 1.94. The first-order valence-corrected chi connectivity index (χ1v) is 9.74. The van der Waals surface area contributed by atoms with Gasteiger partial charge in [0, 0.05) is 24.7 Å². The molecule has 25 heavy (non-hydrogen) atoms. The maximum atomic E-state index is 12.3. The van der Waals surface area contributed by atoms with Crippen molar-refractivity contribution in [2.24, 2.45) is 5.92 Å². The average molecular weight is 397 g/mol. The Morgan fingerprint density at radius 2 is 2.04 bits per heavy atom. The zero-order valence-electron chi connectivity index (χ0n) is 13.5. The third-order valence-electron chi connectivity index (χ3n) is 4.00. The smallest absolute Gasteiger partial charge is 0.387 e. The largest absolute Gasteiger partial charge is 0.433 e. The number of nitrogens with zero attached hydrogens (tertiary/aromatic N) is 1. The van der Waals surface area contributed by atoms with Gasteiger partial charge in [-0.2, -0.15) is 8.78 Å². The first kappa shape index (κ1) is 19.9. The molecule has 10 heteroatoms. The second-order valence-electron chi connectivity index (χ2n) is 5.59. The monoisotopic (exact) mass is 396 g/mol. The highest BCUT2D eigenvalue weighted by Crippen LogP contribution is 2.29. The van der Waals surface area contributed by atoms with Crippen molar-refractivity contribution in [3.8, 4) is 5.75 Å². The molecule has 1 fully saturated rings. The van der Waals surface area contributed by atoms with Crippen LogP contribution in [-0.4, -0.2) is 44.1 Å². The van der Waals surface area contributed by atoms with Crippen molar-refractivity contribution in [2.75, 3.05) is 24.2 Å². The highest BCUT2D eigenvalue weighted by Gasteiger charge is 2.30. The topological polar surface area (TPSA) is 75.7 Å². The minimum Gasteiger partial charge on any atom is -0.433 e. The highest BCUT2D eigenvalue weighted by atomic mass is 35.5. The van der Waals surface area contributed by atoms with Crippen molar-refractivity contribution in [3.63, 3.8) is 0 Å². The number of carbonyl (C=O) groups excluding carboxylic acids is 1. The Morgan fingerprint density at radius 3 is 2.56 bits per heavy atom. The van der Waals surface area contributed by atoms with Gasteiger partial charge in [0.05, 0.1) is 10.8 Å². The summed E-state index contributed by atoms with van der Waals surface area (Å²) in [5.41, 5.74) is 0.361. The SMILES string of the molecule is CCS(=O)(=O)N1CCC(C(=O)Nc2ccc(OC(F)F)c(Cl)c2)CC1. The third kappa shape index (κ3) is 5.26. The number of hydrogen-bond donors (Lipinski definition) is 1. The maximum Gasteiger partial charge on any atom is 0.387 e. The van der Waals surface area contributed by atoms with Gasteiger partial charge in [-0.25, -0.2) is 12.7 Å². The van der Waals surface area contributed by atoms with Crippen LogP contribution in [0.2, 0.25) is 5.02 Å². The van der Waals surface area contributed by atoms with E-state index in [9.17, 15) is 22.0 Å². The Bertz CT molecular complexity index is 722. The van der Waals surface area contributed by atoms with Crippen LogP contribution in [0.25, 0.3) is 0 Å². The summed E-state index contributed by atoms with van der Waals surface area (Å²) in [6.07, 6.45) is 0.844. The van der Waals surface area contributed by atoms with Gasteiger partial charge < -0.3 is 10.1 Å². The fraction of sp³-hybridized carbons (Fsp3) is 0.533. The fourth-order valence-corrected chi connectivity index (χ4v) is 3.95. The van der Waals surface area contributed by atoms with Crippen LogP contribution in [0, 0.1) is 5.92 Å². The van der Waals surface area contributed by atoms with E-state index in [1.807, 2.05) is 0 Å². The van der Waals surface area contributed by atoms with Gasteiger partial charge in [-0.3, -0.25) is 4.79 Å². The van der Waals surface area contributed by atoms with E-state index >= 15 is 0 Å². The molecule has 1 N–H and O–H groups in total. The normalized spacial score (nSPS) is 16.8. The van der Waals surface area contributed by atoms with E-state index in [0.29, 0.717) is 31.6 Å². The second kappa shape index (κ2) is 8.29. The second-order valence-corrected chi connectivity index (χ2v) is 8.25. The maximum absolute atomic E-state index is 12.3. The van der Waals surface area contributed by atoms with Crippen molar-refractivity contribution < 1.29 is 26.7 Å². The number of ether oxygens (including phenoxy) is 1. The van der Waals surface area contributed by atoms with Gasteiger partial charge in [0.15, 0.2) is 0 Å². The number of alkyl halides is 2. The fourth-order valence-electron chi connectivity index (χ4n) is 2.59. The van der Waals surface area contributed by atoms with Gasteiger partial charge in [-0.1, -0.05) is 11.6 Å². The molecule has 2 rings (SSSR count). The first-order valence-electron chi connectivity index (χ1n) is 7.76. The molecular weight excluding hydrogens is 378 g/mol. The summed E-state index contributed by atoms with van der Waals surface area (Å²) in [7, 11) is -3.24. The van der Waals surface area contributed by atoms with Crippen LogP contribution in [0.4, 0.5) is 14.5 Å². The molecule has 6 nitrogen and oxygen atoms in total. The van der Waals surface area contributed by atoms with Gasteiger partial charge in [-0.05, 0) is 38.0 Å². The predicted molar refractivity (Wildman–Crippen MR) is 90.5 cm³/mol. The summed E-state index contributed by atoms with van der Waals surface area (Å²) < 4.78 is 53.7. The number of benzene rings is 1. The van der Waals surface area contributed by atoms with Crippen LogP contribution in [0.15, 0.2) is 18.2 Å². The van der Waals surface area contributed by atoms with Crippen molar-refractivity contribution in [1.82, 2.24) is 4.31 Å². The molecule has 1 aromatic rings. The summed E-state index contributed by atoms with van der Waals surface area (Å²) in [5.74, 6) is -0.714. The van der Waals surface area contributed by atoms with Crippen LogP contribution in [0.3, 0.4) is 0 Å². The lowest BCUT2D eigenvalue weighted by Gasteiger charge is -2.30. The van der Waals surface area contributed by atoms with E-state index in [1.165, 1.54) is 22.5 Å². The molecule has 0 radical (unpaired) electrons. The van der Waals surface area contributed by atoms with Gasteiger partial charge in [0.1, 0.15) is 5.75 Å². The molecule has 0 aliphatic carbocycles. The molecule has 140 valence electrons. The molecule has 0 unspecified atom stereocenters. The van der Waals surface area contributed by atoms with Crippen LogP contribution in [-0.2, 0) is 14.8 Å². The van der Waals surface area contributed by atoms with E-state index in [1.54, 1.807) is 6.92 Å². The van der Waals surface area contributed by atoms with Gasteiger partial charge >= 0.3 is 6.61 Å². The highest BCUT2D eigenvalue weighted by molar-refractivity contribution is 7.89. The van der Waals surface area contributed by atoms with Gasteiger partial charge in [0.25, 0.3) is 0 Å². The number of nitrogens with one attached hydrogen (secondary N) is 1. The molecule has 1 aromatic carbocycles. The van der Waals surface area contributed by atoms with Crippen molar-refractivity contribution >= 4 is 33.2 Å². The molecule has 1 amide bonds. The zero-order chi connectivity index (χ0) is 18.6. The molecule has 0 aromatic heterocycles.